The topological polar surface area (TPSA) is 15.8 Å². The summed E-state index contributed by atoms with van der Waals surface area (Å²) in [4.78, 5) is 3.06. The molecule has 0 atom stereocenters. The summed E-state index contributed by atoms with van der Waals surface area (Å²) in [6, 6.07) is 5.97. The number of H-pyrrole nitrogens is 1. The molecule has 0 aliphatic heterocycles. The van der Waals surface area contributed by atoms with Gasteiger partial charge in [0.2, 0.25) is 0 Å². The number of benzene rings is 1. The first-order chi connectivity index (χ1) is 5.81. The van der Waals surface area contributed by atoms with Gasteiger partial charge < -0.3 is 4.98 Å². The molecule has 0 saturated heterocycles. The number of aromatic amines is 1. The van der Waals surface area contributed by atoms with Gasteiger partial charge in [-0.3, -0.25) is 0 Å². The summed E-state index contributed by atoms with van der Waals surface area (Å²) in [7, 11) is 0. The van der Waals surface area contributed by atoms with Crippen LogP contribution in [0.1, 0.15) is 5.56 Å². The average Bonchev–Trinajstić information content (AvgIpc) is 2.47. The minimum atomic E-state index is 0.525. The standard InChI is InChI=1S/C9H7Cl2N/c10-4-6-1-2-9-7(3-6)8(11)5-12-9/h1-3,5,12H,4H2. The fourth-order valence-corrected chi connectivity index (χ4v) is 1.59. The molecule has 1 nitrogen and oxygen atoms in total. The number of hydrogen-bond acceptors (Lipinski definition) is 0. The number of aromatic nitrogens is 1. The Morgan fingerprint density at radius 1 is 1.33 bits per heavy atom. The third-order valence-electron chi connectivity index (χ3n) is 1.85. The summed E-state index contributed by atoms with van der Waals surface area (Å²) >= 11 is 11.6. The largest absolute Gasteiger partial charge is 0.360 e. The molecular weight excluding hydrogens is 193 g/mol. The van der Waals surface area contributed by atoms with Crippen LogP contribution in [-0.2, 0) is 5.88 Å². The molecule has 2 aromatic rings. The maximum absolute atomic E-state index is 5.93. The normalized spacial score (nSPS) is 10.8. The third kappa shape index (κ3) is 1.19. The van der Waals surface area contributed by atoms with E-state index in [1.54, 1.807) is 6.20 Å². The van der Waals surface area contributed by atoms with Crippen LogP contribution in [0.15, 0.2) is 24.4 Å². The first-order valence-electron chi connectivity index (χ1n) is 3.63. The summed E-state index contributed by atoms with van der Waals surface area (Å²) in [5.74, 6) is 0.525. The molecule has 62 valence electrons. The van der Waals surface area contributed by atoms with Crippen molar-refractivity contribution < 1.29 is 0 Å². The molecule has 1 heterocycles. The Balaban J connectivity index is 2.71. The molecule has 0 unspecified atom stereocenters. The molecule has 1 aromatic heterocycles. The number of hydrogen-bond donors (Lipinski definition) is 1. The molecule has 1 N–H and O–H groups in total. The molecule has 0 spiro atoms. The van der Waals surface area contributed by atoms with E-state index in [0.717, 1.165) is 21.5 Å². The van der Waals surface area contributed by atoms with E-state index in [2.05, 4.69) is 4.98 Å². The summed E-state index contributed by atoms with van der Waals surface area (Å²) < 4.78 is 0. The van der Waals surface area contributed by atoms with Crippen molar-refractivity contribution in [3.63, 3.8) is 0 Å². The van der Waals surface area contributed by atoms with Gasteiger partial charge in [0.15, 0.2) is 0 Å². The van der Waals surface area contributed by atoms with Gasteiger partial charge in [0, 0.05) is 23.0 Å². The SMILES string of the molecule is ClCc1ccc2[nH]cc(Cl)c2c1. The highest BCUT2D eigenvalue weighted by Gasteiger charge is 2.00. The number of halogens is 2. The van der Waals surface area contributed by atoms with E-state index in [1.165, 1.54) is 0 Å². The van der Waals surface area contributed by atoms with Crippen molar-refractivity contribution in [3.05, 3.63) is 35.0 Å². The molecule has 0 saturated carbocycles. The summed E-state index contributed by atoms with van der Waals surface area (Å²) in [6.45, 7) is 0. The maximum atomic E-state index is 5.93. The van der Waals surface area contributed by atoms with Gasteiger partial charge in [-0.2, -0.15) is 0 Å². The second-order valence-corrected chi connectivity index (χ2v) is 3.32. The number of rotatable bonds is 1. The Morgan fingerprint density at radius 3 is 2.92 bits per heavy atom. The highest BCUT2D eigenvalue weighted by Crippen LogP contribution is 2.24. The first kappa shape index (κ1) is 7.96. The molecule has 0 bridgehead atoms. The molecule has 0 amide bonds. The lowest BCUT2D eigenvalue weighted by Gasteiger charge is -1.94. The van der Waals surface area contributed by atoms with Crippen LogP contribution in [0.2, 0.25) is 5.02 Å². The van der Waals surface area contributed by atoms with Crippen molar-refractivity contribution in [1.82, 2.24) is 4.98 Å². The Labute approximate surface area is 80.3 Å². The van der Waals surface area contributed by atoms with E-state index in [0.29, 0.717) is 5.88 Å². The van der Waals surface area contributed by atoms with Crippen LogP contribution in [0.3, 0.4) is 0 Å². The van der Waals surface area contributed by atoms with Crippen molar-refractivity contribution in [1.29, 1.82) is 0 Å². The first-order valence-corrected chi connectivity index (χ1v) is 4.54. The quantitative estimate of drug-likeness (QED) is 0.677. The van der Waals surface area contributed by atoms with Crippen LogP contribution in [0.4, 0.5) is 0 Å². The van der Waals surface area contributed by atoms with Crippen LogP contribution < -0.4 is 0 Å². The summed E-state index contributed by atoms with van der Waals surface area (Å²) in [5, 5.41) is 1.78. The molecule has 0 fully saturated rings. The monoisotopic (exact) mass is 199 g/mol. The van der Waals surface area contributed by atoms with Crippen LogP contribution >= 0.6 is 23.2 Å². The van der Waals surface area contributed by atoms with E-state index < -0.39 is 0 Å². The van der Waals surface area contributed by atoms with Gasteiger partial charge in [0.25, 0.3) is 0 Å². The second kappa shape index (κ2) is 3.00. The third-order valence-corrected chi connectivity index (χ3v) is 2.47. The molecule has 1 aromatic carbocycles. The minimum absolute atomic E-state index is 0.525. The Kier molecular flexibility index (Phi) is 1.99. The van der Waals surface area contributed by atoms with Crippen molar-refractivity contribution in [2.75, 3.05) is 0 Å². The molecule has 0 aliphatic rings. The van der Waals surface area contributed by atoms with Gasteiger partial charge in [0.05, 0.1) is 5.02 Å². The highest BCUT2D eigenvalue weighted by atomic mass is 35.5. The Hall–Kier alpha value is -0.660. The van der Waals surface area contributed by atoms with E-state index in [4.69, 9.17) is 23.2 Å². The Bertz CT molecular complexity index is 406. The molecule has 3 heteroatoms. The highest BCUT2D eigenvalue weighted by molar-refractivity contribution is 6.35. The van der Waals surface area contributed by atoms with Gasteiger partial charge in [-0.15, -0.1) is 11.6 Å². The van der Waals surface area contributed by atoms with Crippen molar-refractivity contribution >= 4 is 34.1 Å². The van der Waals surface area contributed by atoms with Crippen LogP contribution in [0.25, 0.3) is 10.9 Å². The Morgan fingerprint density at radius 2 is 2.17 bits per heavy atom. The van der Waals surface area contributed by atoms with Gasteiger partial charge in [0.1, 0.15) is 0 Å². The van der Waals surface area contributed by atoms with Crippen LogP contribution in [0.5, 0.6) is 0 Å². The minimum Gasteiger partial charge on any atom is -0.360 e. The zero-order valence-electron chi connectivity index (χ0n) is 6.27. The molecular formula is C9H7Cl2N. The van der Waals surface area contributed by atoms with Crippen molar-refractivity contribution in [3.8, 4) is 0 Å². The molecule has 0 radical (unpaired) electrons. The lowest BCUT2D eigenvalue weighted by molar-refractivity contribution is 1.41. The fraction of sp³-hybridized carbons (Fsp3) is 0.111. The number of nitrogens with one attached hydrogen (secondary N) is 1. The lowest BCUT2D eigenvalue weighted by Crippen LogP contribution is -1.76. The van der Waals surface area contributed by atoms with E-state index >= 15 is 0 Å². The fourth-order valence-electron chi connectivity index (χ4n) is 1.22. The predicted molar refractivity (Wildman–Crippen MR) is 52.9 cm³/mol. The van der Waals surface area contributed by atoms with Gasteiger partial charge in [-0.1, -0.05) is 17.7 Å². The molecule has 0 aliphatic carbocycles. The number of alkyl halides is 1. The number of fused-ring (bicyclic) bond motifs is 1. The van der Waals surface area contributed by atoms with Crippen LogP contribution in [-0.4, -0.2) is 4.98 Å². The van der Waals surface area contributed by atoms with Gasteiger partial charge in [-0.05, 0) is 17.7 Å². The van der Waals surface area contributed by atoms with Gasteiger partial charge in [-0.25, -0.2) is 0 Å². The second-order valence-electron chi connectivity index (χ2n) is 2.65. The zero-order valence-corrected chi connectivity index (χ0v) is 7.78. The smallest absolute Gasteiger partial charge is 0.0659 e. The van der Waals surface area contributed by atoms with Crippen LogP contribution in [0, 0.1) is 0 Å². The maximum Gasteiger partial charge on any atom is 0.0659 e. The predicted octanol–water partition coefficient (Wildman–Crippen LogP) is 3.56. The van der Waals surface area contributed by atoms with E-state index in [-0.39, 0.29) is 0 Å². The average molecular weight is 200 g/mol. The van der Waals surface area contributed by atoms with E-state index in [1.807, 2.05) is 18.2 Å². The zero-order chi connectivity index (χ0) is 8.55. The van der Waals surface area contributed by atoms with Crippen molar-refractivity contribution in [2.24, 2.45) is 0 Å². The summed E-state index contributed by atoms with van der Waals surface area (Å²) in [5.41, 5.74) is 2.14. The summed E-state index contributed by atoms with van der Waals surface area (Å²) in [6.07, 6.45) is 1.78. The molecule has 2 rings (SSSR count). The van der Waals surface area contributed by atoms with Gasteiger partial charge >= 0.3 is 0 Å². The van der Waals surface area contributed by atoms with E-state index in [9.17, 15) is 0 Å². The lowest BCUT2D eigenvalue weighted by atomic mass is 10.2. The molecule has 12 heavy (non-hydrogen) atoms. The van der Waals surface area contributed by atoms with Crippen molar-refractivity contribution in [2.45, 2.75) is 5.88 Å².